The van der Waals surface area contributed by atoms with E-state index in [9.17, 15) is 9.59 Å². The predicted molar refractivity (Wildman–Crippen MR) is 81.9 cm³/mol. The molecule has 0 radical (unpaired) electrons. The van der Waals surface area contributed by atoms with Crippen LogP contribution >= 0.6 is 11.3 Å². The van der Waals surface area contributed by atoms with Gasteiger partial charge in [-0.15, -0.1) is 11.3 Å². The van der Waals surface area contributed by atoms with E-state index in [0.717, 1.165) is 6.54 Å². The van der Waals surface area contributed by atoms with Gasteiger partial charge < -0.3 is 9.64 Å². The molecular formula is C15H22N2O3S. The standard InChI is InChI=1S/C15H22N2O3S/c1-11-7-17(9-13(11)15(19)20-3)10-14(18)16(2)8-12-5-4-6-21-12/h4-6,11,13H,7-10H2,1-3H3. The van der Waals surface area contributed by atoms with Crippen LogP contribution in [0.4, 0.5) is 0 Å². The second kappa shape index (κ2) is 7.04. The Kier molecular flexibility index (Phi) is 5.36. The van der Waals surface area contributed by atoms with Crippen molar-refractivity contribution in [3.8, 4) is 0 Å². The van der Waals surface area contributed by atoms with Crippen LogP contribution < -0.4 is 0 Å². The maximum Gasteiger partial charge on any atom is 0.310 e. The molecule has 1 aliphatic heterocycles. The molecule has 1 aliphatic rings. The number of amides is 1. The van der Waals surface area contributed by atoms with Gasteiger partial charge >= 0.3 is 5.97 Å². The Balaban J connectivity index is 1.84. The number of rotatable bonds is 5. The summed E-state index contributed by atoms with van der Waals surface area (Å²) in [5.41, 5.74) is 0. The molecule has 21 heavy (non-hydrogen) atoms. The van der Waals surface area contributed by atoms with Gasteiger partial charge in [0.05, 0.1) is 26.1 Å². The van der Waals surface area contributed by atoms with Gasteiger partial charge in [0.25, 0.3) is 0 Å². The summed E-state index contributed by atoms with van der Waals surface area (Å²) >= 11 is 1.65. The molecule has 2 heterocycles. The quantitative estimate of drug-likeness (QED) is 0.772. The number of thiophene rings is 1. The van der Waals surface area contributed by atoms with E-state index in [0.29, 0.717) is 19.6 Å². The van der Waals surface area contributed by atoms with Gasteiger partial charge in [-0.1, -0.05) is 13.0 Å². The van der Waals surface area contributed by atoms with Crippen LogP contribution in [-0.2, 0) is 20.9 Å². The number of carbonyl (C=O) groups excluding carboxylic acids is 2. The molecule has 2 rings (SSSR count). The number of ether oxygens (including phenoxy) is 1. The second-order valence-electron chi connectivity index (χ2n) is 5.63. The molecule has 1 fully saturated rings. The van der Waals surface area contributed by atoms with Crippen LogP contribution in [0.2, 0.25) is 0 Å². The Bertz CT molecular complexity index is 489. The van der Waals surface area contributed by atoms with E-state index in [1.165, 1.54) is 12.0 Å². The van der Waals surface area contributed by atoms with Crippen molar-refractivity contribution >= 4 is 23.2 Å². The van der Waals surface area contributed by atoms with Crippen molar-refractivity contribution < 1.29 is 14.3 Å². The van der Waals surface area contributed by atoms with Gasteiger partial charge in [-0.2, -0.15) is 0 Å². The first kappa shape index (κ1) is 16.0. The molecule has 0 aliphatic carbocycles. The number of likely N-dealkylation sites (N-methyl/N-ethyl adjacent to an activating group) is 1. The Labute approximate surface area is 129 Å². The molecule has 0 aromatic carbocycles. The zero-order valence-electron chi connectivity index (χ0n) is 12.7. The summed E-state index contributed by atoms with van der Waals surface area (Å²) in [6.45, 7) is 4.40. The number of esters is 1. The van der Waals surface area contributed by atoms with Gasteiger partial charge in [0, 0.05) is 25.0 Å². The van der Waals surface area contributed by atoms with Crippen molar-refractivity contribution in [2.24, 2.45) is 11.8 Å². The highest BCUT2D eigenvalue weighted by Gasteiger charge is 2.36. The lowest BCUT2D eigenvalue weighted by Crippen LogP contribution is -2.37. The summed E-state index contributed by atoms with van der Waals surface area (Å²) in [5.74, 6) is 0.0174. The fourth-order valence-corrected chi connectivity index (χ4v) is 3.45. The molecular weight excluding hydrogens is 288 g/mol. The fraction of sp³-hybridized carbons (Fsp3) is 0.600. The molecule has 2 atom stereocenters. The Hall–Kier alpha value is -1.40. The van der Waals surface area contributed by atoms with E-state index >= 15 is 0 Å². The average Bonchev–Trinajstić information content (AvgIpc) is 3.07. The summed E-state index contributed by atoms with van der Waals surface area (Å²) in [7, 11) is 3.23. The number of methoxy groups -OCH3 is 1. The molecule has 2 unspecified atom stereocenters. The molecule has 1 saturated heterocycles. The number of hydrogen-bond donors (Lipinski definition) is 0. The maximum absolute atomic E-state index is 12.3. The minimum Gasteiger partial charge on any atom is -0.469 e. The zero-order valence-corrected chi connectivity index (χ0v) is 13.6. The lowest BCUT2D eigenvalue weighted by molar-refractivity contribution is -0.146. The third kappa shape index (κ3) is 4.04. The van der Waals surface area contributed by atoms with Gasteiger partial charge in [0.15, 0.2) is 0 Å². The molecule has 0 saturated carbocycles. The Morgan fingerprint density at radius 3 is 2.86 bits per heavy atom. The fourth-order valence-electron chi connectivity index (χ4n) is 2.69. The zero-order chi connectivity index (χ0) is 15.4. The van der Waals surface area contributed by atoms with Crippen LogP contribution in [0.3, 0.4) is 0 Å². The van der Waals surface area contributed by atoms with Crippen molar-refractivity contribution in [2.75, 3.05) is 33.8 Å². The lowest BCUT2D eigenvalue weighted by atomic mass is 9.99. The number of likely N-dealkylation sites (tertiary alicyclic amines) is 1. The van der Waals surface area contributed by atoms with Crippen LogP contribution in [0.15, 0.2) is 17.5 Å². The van der Waals surface area contributed by atoms with Crippen LogP contribution in [0, 0.1) is 11.8 Å². The molecule has 116 valence electrons. The minimum absolute atomic E-state index is 0.0844. The monoisotopic (exact) mass is 310 g/mol. The average molecular weight is 310 g/mol. The van der Waals surface area contributed by atoms with E-state index in [4.69, 9.17) is 4.74 Å². The first-order valence-corrected chi connectivity index (χ1v) is 7.95. The molecule has 1 aromatic rings. The third-order valence-electron chi connectivity index (χ3n) is 3.95. The second-order valence-corrected chi connectivity index (χ2v) is 6.66. The van der Waals surface area contributed by atoms with E-state index in [-0.39, 0.29) is 23.7 Å². The number of hydrogen-bond acceptors (Lipinski definition) is 5. The first-order valence-electron chi connectivity index (χ1n) is 7.07. The summed E-state index contributed by atoms with van der Waals surface area (Å²) in [5, 5.41) is 2.01. The summed E-state index contributed by atoms with van der Waals surface area (Å²) in [6, 6.07) is 4.01. The third-order valence-corrected chi connectivity index (χ3v) is 4.81. The Morgan fingerprint density at radius 1 is 1.48 bits per heavy atom. The first-order chi connectivity index (χ1) is 10.0. The molecule has 0 spiro atoms. The number of carbonyl (C=O) groups is 2. The van der Waals surface area contributed by atoms with Crippen LogP contribution in [0.25, 0.3) is 0 Å². The van der Waals surface area contributed by atoms with Gasteiger partial charge in [0.1, 0.15) is 0 Å². The van der Waals surface area contributed by atoms with Crippen molar-refractivity contribution in [3.05, 3.63) is 22.4 Å². The van der Waals surface area contributed by atoms with Crippen molar-refractivity contribution in [3.63, 3.8) is 0 Å². The topological polar surface area (TPSA) is 49.9 Å². The molecule has 0 N–H and O–H groups in total. The van der Waals surface area contributed by atoms with Crippen molar-refractivity contribution in [2.45, 2.75) is 13.5 Å². The summed E-state index contributed by atoms with van der Waals surface area (Å²) in [4.78, 5) is 28.9. The summed E-state index contributed by atoms with van der Waals surface area (Å²) < 4.78 is 4.82. The van der Waals surface area contributed by atoms with E-state index in [2.05, 4.69) is 0 Å². The van der Waals surface area contributed by atoms with Crippen molar-refractivity contribution in [1.29, 1.82) is 0 Å². The minimum atomic E-state index is -0.176. The largest absolute Gasteiger partial charge is 0.469 e. The normalized spacial score (nSPS) is 22.2. The van der Waals surface area contributed by atoms with Crippen LogP contribution in [-0.4, -0.2) is 55.5 Å². The molecule has 1 amide bonds. The van der Waals surface area contributed by atoms with E-state index in [1.54, 1.807) is 16.2 Å². The summed E-state index contributed by atoms with van der Waals surface area (Å²) in [6.07, 6.45) is 0. The molecule has 6 heteroatoms. The highest BCUT2D eigenvalue weighted by Crippen LogP contribution is 2.24. The van der Waals surface area contributed by atoms with E-state index in [1.807, 2.05) is 36.4 Å². The molecule has 0 bridgehead atoms. The Morgan fingerprint density at radius 2 is 2.24 bits per heavy atom. The lowest BCUT2D eigenvalue weighted by Gasteiger charge is -2.21. The van der Waals surface area contributed by atoms with Crippen LogP contribution in [0.5, 0.6) is 0 Å². The van der Waals surface area contributed by atoms with Gasteiger partial charge in [-0.3, -0.25) is 14.5 Å². The molecule has 5 nitrogen and oxygen atoms in total. The molecule has 1 aromatic heterocycles. The van der Waals surface area contributed by atoms with E-state index < -0.39 is 0 Å². The highest BCUT2D eigenvalue weighted by atomic mass is 32.1. The number of nitrogens with zero attached hydrogens (tertiary/aromatic N) is 2. The van der Waals surface area contributed by atoms with Gasteiger partial charge in [-0.05, 0) is 17.4 Å². The van der Waals surface area contributed by atoms with Gasteiger partial charge in [0.2, 0.25) is 5.91 Å². The highest BCUT2D eigenvalue weighted by molar-refractivity contribution is 7.09. The SMILES string of the molecule is COC(=O)C1CN(CC(=O)N(C)Cc2cccs2)CC1C. The van der Waals surface area contributed by atoms with Gasteiger partial charge in [-0.25, -0.2) is 0 Å². The van der Waals surface area contributed by atoms with Crippen molar-refractivity contribution in [1.82, 2.24) is 9.80 Å². The smallest absolute Gasteiger partial charge is 0.310 e. The van der Waals surface area contributed by atoms with Crippen LogP contribution in [0.1, 0.15) is 11.8 Å². The predicted octanol–water partition coefficient (Wildman–Crippen LogP) is 1.45. The maximum atomic E-state index is 12.3.